The van der Waals surface area contributed by atoms with Crippen molar-refractivity contribution in [2.24, 2.45) is 0 Å². The highest BCUT2D eigenvalue weighted by atomic mass is 16.6. The van der Waals surface area contributed by atoms with Crippen LogP contribution in [0.2, 0.25) is 0 Å². The quantitative estimate of drug-likeness (QED) is 0.807. The summed E-state index contributed by atoms with van der Waals surface area (Å²) < 4.78 is 10.3. The van der Waals surface area contributed by atoms with E-state index in [4.69, 9.17) is 9.47 Å². The van der Waals surface area contributed by atoms with Crippen molar-refractivity contribution in [2.45, 2.75) is 52.7 Å². The van der Waals surface area contributed by atoms with E-state index in [2.05, 4.69) is 10.6 Å². The van der Waals surface area contributed by atoms with Gasteiger partial charge in [0.15, 0.2) is 0 Å². The van der Waals surface area contributed by atoms with Gasteiger partial charge < -0.3 is 9.47 Å². The van der Waals surface area contributed by atoms with Crippen LogP contribution in [0.5, 0.6) is 0 Å². The minimum Gasteiger partial charge on any atom is -0.444 e. The second kappa shape index (κ2) is 7.33. The molecule has 0 saturated carbocycles. The van der Waals surface area contributed by atoms with Crippen LogP contribution in [-0.2, 0) is 9.47 Å². The molecule has 0 aliphatic carbocycles. The fourth-order valence-corrected chi connectivity index (χ4v) is 1.67. The van der Waals surface area contributed by atoms with Gasteiger partial charge >= 0.3 is 12.2 Å². The molecule has 24 heavy (non-hydrogen) atoms. The van der Waals surface area contributed by atoms with Crippen molar-refractivity contribution in [3.05, 3.63) is 23.8 Å². The van der Waals surface area contributed by atoms with Crippen LogP contribution >= 0.6 is 0 Å². The third-order valence-corrected chi connectivity index (χ3v) is 2.45. The molecule has 0 bridgehead atoms. The lowest BCUT2D eigenvalue weighted by Crippen LogP contribution is -2.29. The Labute approximate surface area is 141 Å². The summed E-state index contributed by atoms with van der Waals surface area (Å²) in [4.78, 5) is 34.8. The van der Waals surface area contributed by atoms with Crippen molar-refractivity contribution in [3.8, 4) is 0 Å². The van der Waals surface area contributed by atoms with Crippen molar-refractivity contribution >= 4 is 29.8 Å². The summed E-state index contributed by atoms with van der Waals surface area (Å²) in [5.74, 6) is 0. The number of anilines is 2. The second-order valence-electron chi connectivity index (χ2n) is 7.18. The molecular weight excluding hydrogens is 312 g/mol. The van der Waals surface area contributed by atoms with Crippen LogP contribution in [0.3, 0.4) is 0 Å². The molecule has 0 unspecified atom stereocenters. The highest BCUT2D eigenvalue weighted by Gasteiger charge is 2.20. The summed E-state index contributed by atoms with van der Waals surface area (Å²) in [7, 11) is 0. The number of ether oxygens (including phenoxy) is 2. The molecule has 2 N–H and O–H groups in total. The van der Waals surface area contributed by atoms with Crippen LogP contribution in [0.1, 0.15) is 51.9 Å². The Morgan fingerprint density at radius 1 is 0.875 bits per heavy atom. The fourth-order valence-electron chi connectivity index (χ4n) is 1.67. The van der Waals surface area contributed by atoms with E-state index in [0.717, 1.165) is 0 Å². The van der Waals surface area contributed by atoms with Gasteiger partial charge in [0.1, 0.15) is 17.5 Å². The normalized spacial score (nSPS) is 11.4. The summed E-state index contributed by atoms with van der Waals surface area (Å²) in [6.45, 7) is 10.4. The molecule has 0 spiro atoms. The molecule has 0 atom stereocenters. The van der Waals surface area contributed by atoms with Gasteiger partial charge in [0.2, 0.25) is 0 Å². The van der Waals surface area contributed by atoms with Gasteiger partial charge in [-0.25, -0.2) is 9.59 Å². The minimum absolute atomic E-state index is 0.236. The first-order chi connectivity index (χ1) is 10.9. The Kier molecular flexibility index (Phi) is 5.95. The van der Waals surface area contributed by atoms with Gasteiger partial charge in [-0.3, -0.25) is 15.4 Å². The van der Waals surface area contributed by atoms with Gasteiger partial charge in [0.05, 0.1) is 11.4 Å². The Bertz CT molecular complexity index is 627. The highest BCUT2D eigenvalue weighted by molar-refractivity contribution is 5.97. The lowest BCUT2D eigenvalue weighted by molar-refractivity contribution is 0.0620. The van der Waals surface area contributed by atoms with Crippen molar-refractivity contribution in [3.63, 3.8) is 0 Å². The predicted molar refractivity (Wildman–Crippen MR) is 91.5 cm³/mol. The molecule has 7 heteroatoms. The molecule has 0 saturated heterocycles. The maximum atomic E-state index is 11.9. The Morgan fingerprint density at radius 2 is 1.33 bits per heavy atom. The van der Waals surface area contributed by atoms with E-state index >= 15 is 0 Å². The van der Waals surface area contributed by atoms with Crippen molar-refractivity contribution in [1.29, 1.82) is 0 Å². The van der Waals surface area contributed by atoms with Crippen LogP contribution in [-0.4, -0.2) is 29.7 Å². The van der Waals surface area contributed by atoms with Crippen LogP contribution in [0.25, 0.3) is 0 Å². The molecule has 0 aliphatic rings. The molecular formula is C17H24N2O5. The zero-order chi connectivity index (χ0) is 18.5. The number of carbonyl (C=O) groups is 3. The average molecular weight is 336 g/mol. The summed E-state index contributed by atoms with van der Waals surface area (Å²) >= 11 is 0. The van der Waals surface area contributed by atoms with E-state index in [-0.39, 0.29) is 5.69 Å². The van der Waals surface area contributed by atoms with E-state index in [9.17, 15) is 14.4 Å². The highest BCUT2D eigenvalue weighted by Crippen LogP contribution is 2.24. The number of carbonyl (C=O) groups excluding carboxylic acids is 3. The Balaban J connectivity index is 2.98. The van der Waals surface area contributed by atoms with Gasteiger partial charge in [-0.05, 0) is 59.7 Å². The summed E-state index contributed by atoms with van der Waals surface area (Å²) in [5.41, 5.74) is -0.465. The van der Waals surface area contributed by atoms with Gasteiger partial charge in [0.25, 0.3) is 0 Å². The van der Waals surface area contributed by atoms with E-state index in [1.54, 1.807) is 41.5 Å². The molecule has 0 radical (unpaired) electrons. The summed E-state index contributed by atoms with van der Waals surface area (Å²) in [6.07, 6.45) is -0.733. The van der Waals surface area contributed by atoms with Crippen LogP contribution in [0, 0.1) is 0 Å². The van der Waals surface area contributed by atoms with Gasteiger partial charge in [-0.1, -0.05) is 0 Å². The van der Waals surface area contributed by atoms with E-state index in [1.807, 2.05) is 0 Å². The first kappa shape index (κ1) is 19.5. The summed E-state index contributed by atoms with van der Waals surface area (Å²) in [5, 5.41) is 5.06. The first-order valence-corrected chi connectivity index (χ1v) is 7.49. The van der Waals surface area contributed by atoms with Crippen LogP contribution < -0.4 is 10.6 Å². The lowest BCUT2D eigenvalue weighted by Gasteiger charge is -2.22. The molecule has 7 nitrogen and oxygen atoms in total. The van der Waals surface area contributed by atoms with Crippen LogP contribution in [0.4, 0.5) is 21.0 Å². The molecule has 0 aromatic heterocycles. The largest absolute Gasteiger partial charge is 0.444 e. The topological polar surface area (TPSA) is 93.7 Å². The first-order valence-electron chi connectivity index (χ1n) is 7.49. The number of hydrogen-bond donors (Lipinski definition) is 2. The number of aldehydes is 1. The van der Waals surface area contributed by atoms with Crippen molar-refractivity contribution < 1.29 is 23.9 Å². The molecule has 1 rings (SSSR count). The Morgan fingerprint density at radius 3 is 1.75 bits per heavy atom. The van der Waals surface area contributed by atoms with Crippen LogP contribution in [0.15, 0.2) is 18.2 Å². The minimum atomic E-state index is -0.696. The van der Waals surface area contributed by atoms with Gasteiger partial charge in [-0.2, -0.15) is 0 Å². The number of amides is 2. The predicted octanol–water partition coefficient (Wildman–Crippen LogP) is 4.19. The van der Waals surface area contributed by atoms with Gasteiger partial charge in [0, 0.05) is 5.56 Å². The maximum absolute atomic E-state index is 11.9. The van der Waals surface area contributed by atoms with Crippen molar-refractivity contribution in [2.75, 3.05) is 10.6 Å². The Hall–Kier alpha value is -2.57. The molecule has 1 aromatic carbocycles. The summed E-state index contributed by atoms with van der Waals surface area (Å²) in [6, 6.07) is 4.45. The van der Waals surface area contributed by atoms with E-state index in [1.165, 1.54) is 18.2 Å². The molecule has 132 valence electrons. The van der Waals surface area contributed by atoms with E-state index < -0.39 is 23.4 Å². The number of rotatable bonds is 3. The fraction of sp³-hybridized carbons (Fsp3) is 0.471. The standard InChI is InChI=1S/C17H24N2O5/c1-16(2,3)23-14(21)18-12-8-7-11(10-20)9-13(12)19-15(22)24-17(4,5)6/h7-10H,1-6H3,(H,18,21)(H,19,22). The molecule has 0 aliphatic heterocycles. The van der Waals surface area contributed by atoms with Gasteiger partial charge in [-0.15, -0.1) is 0 Å². The van der Waals surface area contributed by atoms with E-state index in [0.29, 0.717) is 17.5 Å². The number of hydrogen-bond acceptors (Lipinski definition) is 5. The smallest absolute Gasteiger partial charge is 0.412 e. The SMILES string of the molecule is CC(C)(C)OC(=O)Nc1ccc(C=O)cc1NC(=O)OC(C)(C)C. The zero-order valence-corrected chi connectivity index (χ0v) is 14.9. The average Bonchev–Trinajstić information content (AvgIpc) is 2.36. The molecule has 0 heterocycles. The molecule has 0 fully saturated rings. The maximum Gasteiger partial charge on any atom is 0.412 e. The third-order valence-electron chi connectivity index (χ3n) is 2.45. The van der Waals surface area contributed by atoms with Crippen molar-refractivity contribution in [1.82, 2.24) is 0 Å². The zero-order valence-electron chi connectivity index (χ0n) is 14.9. The molecule has 2 amide bonds. The monoisotopic (exact) mass is 336 g/mol. The lowest BCUT2D eigenvalue weighted by atomic mass is 10.2. The third kappa shape index (κ3) is 7.13. The number of benzene rings is 1. The number of nitrogens with one attached hydrogen (secondary N) is 2. The molecule has 1 aromatic rings. The second-order valence-corrected chi connectivity index (χ2v) is 7.18.